The number of amides is 1. The number of nitrogens with one attached hydrogen (secondary N) is 1. The zero-order chi connectivity index (χ0) is 20.6. The van der Waals surface area contributed by atoms with Crippen LogP contribution in [0.5, 0.6) is 11.5 Å². The van der Waals surface area contributed by atoms with Crippen molar-refractivity contribution in [2.75, 3.05) is 20.0 Å². The number of hydrogen-bond acceptors (Lipinski definition) is 6. The first-order valence-electron chi connectivity index (χ1n) is 9.12. The number of ether oxygens (including phenoxy) is 2. The van der Waals surface area contributed by atoms with E-state index in [2.05, 4.69) is 15.5 Å². The van der Waals surface area contributed by atoms with Crippen LogP contribution in [0, 0.1) is 0 Å². The topological polar surface area (TPSA) is 78.3 Å². The first kappa shape index (κ1) is 20.7. The Morgan fingerprint density at radius 2 is 1.55 bits per heavy atom. The van der Waals surface area contributed by atoms with E-state index >= 15 is 0 Å². The minimum Gasteiger partial charge on any atom is -0.497 e. The molecule has 0 bridgehead atoms. The van der Waals surface area contributed by atoms with Crippen molar-refractivity contribution < 1.29 is 14.3 Å². The molecule has 7 nitrogen and oxygen atoms in total. The molecular formula is C21H24N4O3S. The Balaban J connectivity index is 1.49. The molecule has 0 radical (unpaired) electrons. The average Bonchev–Trinajstić information content (AvgIpc) is 3.11. The summed E-state index contributed by atoms with van der Waals surface area (Å²) in [6.07, 6.45) is 0.664. The first-order valence-corrected chi connectivity index (χ1v) is 10.1. The van der Waals surface area contributed by atoms with E-state index in [9.17, 15) is 4.79 Å². The van der Waals surface area contributed by atoms with Crippen molar-refractivity contribution in [1.29, 1.82) is 0 Å². The number of benzene rings is 2. The van der Waals surface area contributed by atoms with Gasteiger partial charge in [0.2, 0.25) is 5.91 Å². The monoisotopic (exact) mass is 412 g/mol. The third kappa shape index (κ3) is 5.74. The largest absolute Gasteiger partial charge is 0.497 e. The Labute approximate surface area is 174 Å². The van der Waals surface area contributed by atoms with Crippen LogP contribution in [0.3, 0.4) is 0 Å². The van der Waals surface area contributed by atoms with Gasteiger partial charge in [-0.05, 0) is 35.4 Å². The molecule has 0 aliphatic carbocycles. The maximum Gasteiger partial charge on any atom is 0.230 e. The van der Waals surface area contributed by atoms with Crippen LogP contribution in [0.2, 0.25) is 0 Å². The van der Waals surface area contributed by atoms with Crippen LogP contribution in [0.4, 0.5) is 0 Å². The summed E-state index contributed by atoms with van der Waals surface area (Å²) in [7, 11) is 5.19. The fourth-order valence-corrected chi connectivity index (χ4v) is 3.44. The summed E-state index contributed by atoms with van der Waals surface area (Å²) < 4.78 is 12.2. The normalized spacial score (nSPS) is 10.6. The van der Waals surface area contributed by atoms with Gasteiger partial charge in [-0.15, -0.1) is 10.2 Å². The van der Waals surface area contributed by atoms with Gasteiger partial charge in [-0.25, -0.2) is 0 Å². The Kier molecular flexibility index (Phi) is 7.13. The summed E-state index contributed by atoms with van der Waals surface area (Å²) in [6.45, 7) is 0.477. The second-order valence-electron chi connectivity index (χ2n) is 6.40. The van der Waals surface area contributed by atoms with Crippen molar-refractivity contribution >= 4 is 17.7 Å². The number of hydrogen-bond donors (Lipinski definition) is 1. The first-order chi connectivity index (χ1) is 14.1. The van der Waals surface area contributed by atoms with E-state index in [0.717, 1.165) is 28.5 Å². The lowest BCUT2D eigenvalue weighted by molar-refractivity contribution is -0.118. The van der Waals surface area contributed by atoms with Gasteiger partial charge in [-0.2, -0.15) is 0 Å². The smallest absolute Gasteiger partial charge is 0.230 e. The van der Waals surface area contributed by atoms with Gasteiger partial charge >= 0.3 is 0 Å². The zero-order valence-corrected chi connectivity index (χ0v) is 17.5. The van der Waals surface area contributed by atoms with Crippen LogP contribution in [-0.2, 0) is 24.8 Å². The van der Waals surface area contributed by atoms with Crippen molar-refractivity contribution in [2.24, 2.45) is 7.05 Å². The van der Waals surface area contributed by atoms with E-state index in [-0.39, 0.29) is 11.7 Å². The van der Waals surface area contributed by atoms with Gasteiger partial charge in [-0.1, -0.05) is 36.0 Å². The number of rotatable bonds is 9. The Morgan fingerprint density at radius 1 is 0.966 bits per heavy atom. The van der Waals surface area contributed by atoms with E-state index < -0.39 is 0 Å². The maximum absolute atomic E-state index is 12.2. The molecule has 0 atom stereocenters. The van der Waals surface area contributed by atoms with Gasteiger partial charge in [0.05, 0.1) is 20.0 Å². The van der Waals surface area contributed by atoms with Crippen LogP contribution in [0.25, 0.3) is 0 Å². The highest BCUT2D eigenvalue weighted by molar-refractivity contribution is 7.99. The molecule has 152 valence electrons. The van der Waals surface area contributed by atoms with Crippen molar-refractivity contribution in [2.45, 2.75) is 18.1 Å². The molecule has 0 aliphatic rings. The lowest BCUT2D eigenvalue weighted by Gasteiger charge is -2.07. The SMILES string of the molecule is COc1ccc(CNC(=O)CSc2nnc(Cc3ccc(OC)cc3)n2C)cc1. The summed E-state index contributed by atoms with van der Waals surface area (Å²) in [5, 5.41) is 12.1. The molecule has 0 spiro atoms. The number of thioether (sulfide) groups is 1. The standard InChI is InChI=1S/C21H24N4O3S/c1-25-19(12-15-4-8-17(27-2)9-5-15)23-24-21(25)29-14-20(26)22-13-16-6-10-18(28-3)11-7-16/h4-11H,12-14H2,1-3H3,(H,22,26). The fraction of sp³-hybridized carbons (Fsp3) is 0.286. The van der Waals surface area contributed by atoms with Gasteiger partial charge < -0.3 is 19.4 Å². The molecule has 29 heavy (non-hydrogen) atoms. The van der Waals surface area contributed by atoms with Crippen molar-refractivity contribution in [3.8, 4) is 11.5 Å². The number of carbonyl (C=O) groups is 1. The van der Waals surface area contributed by atoms with Gasteiger partial charge in [-0.3, -0.25) is 4.79 Å². The lowest BCUT2D eigenvalue weighted by atomic mass is 10.1. The summed E-state index contributed by atoms with van der Waals surface area (Å²) in [5.41, 5.74) is 2.14. The minimum absolute atomic E-state index is 0.0504. The Morgan fingerprint density at radius 3 is 2.14 bits per heavy atom. The fourth-order valence-electron chi connectivity index (χ4n) is 2.68. The van der Waals surface area contributed by atoms with E-state index in [1.807, 2.05) is 60.1 Å². The van der Waals surface area contributed by atoms with Gasteiger partial charge in [0.1, 0.15) is 17.3 Å². The Bertz CT molecular complexity index is 940. The molecular weight excluding hydrogens is 388 g/mol. The van der Waals surface area contributed by atoms with Crippen molar-refractivity contribution in [3.63, 3.8) is 0 Å². The quantitative estimate of drug-likeness (QED) is 0.545. The summed E-state index contributed by atoms with van der Waals surface area (Å²) in [5.74, 6) is 2.69. The maximum atomic E-state index is 12.2. The predicted octanol–water partition coefficient (Wildman–Crippen LogP) is 2.83. The number of aromatic nitrogens is 3. The summed E-state index contributed by atoms with van der Waals surface area (Å²) in [6, 6.07) is 15.5. The third-order valence-electron chi connectivity index (χ3n) is 4.43. The highest BCUT2D eigenvalue weighted by Crippen LogP contribution is 2.19. The van der Waals surface area contributed by atoms with Crippen LogP contribution >= 0.6 is 11.8 Å². The van der Waals surface area contributed by atoms with Crippen LogP contribution < -0.4 is 14.8 Å². The number of nitrogens with zero attached hydrogens (tertiary/aromatic N) is 3. The van der Waals surface area contributed by atoms with Gasteiger partial charge in [0.15, 0.2) is 5.16 Å². The molecule has 0 saturated carbocycles. The van der Waals surface area contributed by atoms with Gasteiger partial charge in [0, 0.05) is 20.0 Å². The molecule has 1 amide bonds. The van der Waals surface area contributed by atoms with Crippen LogP contribution in [0.15, 0.2) is 53.7 Å². The summed E-state index contributed by atoms with van der Waals surface area (Å²) in [4.78, 5) is 12.2. The molecule has 8 heteroatoms. The number of carbonyl (C=O) groups excluding carboxylic acids is 1. The van der Waals surface area contributed by atoms with Crippen LogP contribution in [-0.4, -0.2) is 40.6 Å². The summed E-state index contributed by atoms with van der Waals surface area (Å²) >= 11 is 1.37. The number of methoxy groups -OCH3 is 2. The van der Waals surface area contributed by atoms with Crippen molar-refractivity contribution in [3.05, 3.63) is 65.5 Å². The molecule has 0 aliphatic heterocycles. The zero-order valence-electron chi connectivity index (χ0n) is 16.7. The predicted molar refractivity (Wildman–Crippen MR) is 112 cm³/mol. The van der Waals surface area contributed by atoms with Gasteiger partial charge in [0.25, 0.3) is 0 Å². The average molecular weight is 413 g/mol. The lowest BCUT2D eigenvalue weighted by Crippen LogP contribution is -2.24. The molecule has 1 heterocycles. The van der Waals surface area contributed by atoms with E-state index in [1.165, 1.54) is 11.8 Å². The van der Waals surface area contributed by atoms with Crippen LogP contribution in [0.1, 0.15) is 17.0 Å². The molecule has 1 N–H and O–H groups in total. The second-order valence-corrected chi connectivity index (χ2v) is 7.34. The minimum atomic E-state index is -0.0504. The molecule has 2 aromatic carbocycles. The Hall–Kier alpha value is -3.00. The molecule has 0 unspecified atom stereocenters. The van der Waals surface area contributed by atoms with E-state index in [4.69, 9.17) is 9.47 Å². The van der Waals surface area contributed by atoms with Crippen molar-refractivity contribution in [1.82, 2.24) is 20.1 Å². The molecule has 0 saturated heterocycles. The van der Waals surface area contributed by atoms with E-state index in [1.54, 1.807) is 14.2 Å². The molecule has 3 rings (SSSR count). The highest BCUT2D eigenvalue weighted by atomic mass is 32.2. The molecule has 3 aromatic rings. The second kappa shape index (κ2) is 9.97. The molecule has 0 fully saturated rings. The third-order valence-corrected chi connectivity index (χ3v) is 5.45. The highest BCUT2D eigenvalue weighted by Gasteiger charge is 2.12. The van der Waals surface area contributed by atoms with E-state index in [0.29, 0.717) is 18.1 Å². The molecule has 1 aromatic heterocycles.